The van der Waals surface area contributed by atoms with Crippen molar-refractivity contribution in [3.63, 3.8) is 0 Å². The third-order valence-corrected chi connectivity index (χ3v) is 6.43. The van der Waals surface area contributed by atoms with Gasteiger partial charge in [-0.25, -0.2) is 8.42 Å². The fourth-order valence-electron chi connectivity index (χ4n) is 3.03. The van der Waals surface area contributed by atoms with Crippen LogP contribution in [0.25, 0.3) is 0 Å². The minimum Gasteiger partial charge on any atom is -0.494 e. The molecule has 146 valence electrons. The summed E-state index contributed by atoms with van der Waals surface area (Å²) in [4.78, 5) is 12.6. The van der Waals surface area contributed by atoms with Crippen molar-refractivity contribution in [2.75, 3.05) is 26.2 Å². The van der Waals surface area contributed by atoms with Crippen molar-refractivity contribution in [1.82, 2.24) is 9.62 Å². The molecule has 0 radical (unpaired) electrons. The molecule has 0 spiro atoms. The standard InChI is InChI=1S/C19H30N2O4S/c1-4-25-17-7-9-18(10-8-17)26(23,24)21-13-5-6-16(14-21)19(22)20-12-11-15(2)3/h7-10,15-16H,4-6,11-14H2,1-3H3,(H,20,22)/t16-/m0/s1. The highest BCUT2D eigenvalue weighted by atomic mass is 32.2. The number of sulfonamides is 1. The number of piperidine rings is 1. The van der Waals surface area contributed by atoms with Crippen molar-refractivity contribution in [3.05, 3.63) is 24.3 Å². The minimum atomic E-state index is -3.60. The van der Waals surface area contributed by atoms with E-state index in [9.17, 15) is 13.2 Å². The highest BCUT2D eigenvalue weighted by Gasteiger charge is 2.33. The molecule has 0 aliphatic carbocycles. The Morgan fingerprint density at radius 1 is 1.31 bits per heavy atom. The zero-order chi connectivity index (χ0) is 19.2. The van der Waals surface area contributed by atoms with E-state index in [1.807, 2.05) is 6.92 Å². The highest BCUT2D eigenvalue weighted by Crippen LogP contribution is 2.25. The predicted molar refractivity (Wildman–Crippen MR) is 102 cm³/mol. The molecular formula is C19H30N2O4S. The first kappa shape index (κ1) is 20.7. The zero-order valence-corrected chi connectivity index (χ0v) is 16.7. The number of ether oxygens (including phenoxy) is 1. The maximum atomic E-state index is 12.9. The number of carbonyl (C=O) groups is 1. The maximum Gasteiger partial charge on any atom is 0.243 e. The second-order valence-electron chi connectivity index (χ2n) is 7.08. The Morgan fingerprint density at radius 3 is 2.62 bits per heavy atom. The lowest BCUT2D eigenvalue weighted by Crippen LogP contribution is -2.45. The van der Waals surface area contributed by atoms with E-state index in [0.29, 0.717) is 37.8 Å². The van der Waals surface area contributed by atoms with Gasteiger partial charge in [0, 0.05) is 19.6 Å². The van der Waals surface area contributed by atoms with Crippen LogP contribution in [0.4, 0.5) is 0 Å². The van der Waals surface area contributed by atoms with Crippen LogP contribution >= 0.6 is 0 Å². The van der Waals surface area contributed by atoms with Crippen LogP contribution in [-0.4, -0.2) is 44.9 Å². The summed E-state index contributed by atoms with van der Waals surface area (Å²) in [6.07, 6.45) is 2.34. The van der Waals surface area contributed by atoms with Gasteiger partial charge in [0.2, 0.25) is 15.9 Å². The van der Waals surface area contributed by atoms with Crippen molar-refractivity contribution in [3.8, 4) is 5.75 Å². The van der Waals surface area contributed by atoms with Gasteiger partial charge in [0.15, 0.2) is 0 Å². The normalized spacial score (nSPS) is 18.7. The first-order valence-electron chi connectivity index (χ1n) is 9.35. The summed E-state index contributed by atoms with van der Waals surface area (Å²) in [5.74, 6) is 0.844. The van der Waals surface area contributed by atoms with Crippen LogP contribution in [0.3, 0.4) is 0 Å². The van der Waals surface area contributed by atoms with Gasteiger partial charge in [-0.1, -0.05) is 13.8 Å². The van der Waals surface area contributed by atoms with Crippen LogP contribution < -0.4 is 10.1 Å². The molecule has 1 aliphatic heterocycles. The third-order valence-electron chi connectivity index (χ3n) is 4.55. The summed E-state index contributed by atoms with van der Waals surface area (Å²) in [7, 11) is -3.60. The molecule has 7 heteroatoms. The number of hydrogen-bond acceptors (Lipinski definition) is 4. The van der Waals surface area contributed by atoms with Crippen LogP contribution in [0.5, 0.6) is 5.75 Å². The molecule has 1 amide bonds. The molecule has 0 saturated carbocycles. The van der Waals surface area contributed by atoms with E-state index in [1.54, 1.807) is 24.3 Å². The zero-order valence-electron chi connectivity index (χ0n) is 15.9. The van der Waals surface area contributed by atoms with Gasteiger partial charge in [-0.05, 0) is 56.4 Å². The van der Waals surface area contributed by atoms with Gasteiger partial charge in [-0.15, -0.1) is 0 Å². The van der Waals surface area contributed by atoms with Crippen LogP contribution in [0.1, 0.15) is 40.0 Å². The molecule has 1 N–H and O–H groups in total. The second-order valence-corrected chi connectivity index (χ2v) is 9.02. The third kappa shape index (κ3) is 5.45. The van der Waals surface area contributed by atoms with Gasteiger partial charge < -0.3 is 10.1 Å². The summed E-state index contributed by atoms with van der Waals surface area (Å²) >= 11 is 0. The second kappa shape index (κ2) is 9.37. The molecule has 0 bridgehead atoms. The van der Waals surface area contributed by atoms with Gasteiger partial charge in [-0.2, -0.15) is 4.31 Å². The Kier molecular flexibility index (Phi) is 7.46. The molecule has 1 atom stereocenters. The number of nitrogens with zero attached hydrogens (tertiary/aromatic N) is 1. The molecule has 1 heterocycles. The minimum absolute atomic E-state index is 0.0442. The molecular weight excluding hydrogens is 352 g/mol. The lowest BCUT2D eigenvalue weighted by molar-refractivity contribution is -0.126. The van der Waals surface area contributed by atoms with Crippen molar-refractivity contribution in [2.24, 2.45) is 11.8 Å². The quantitative estimate of drug-likeness (QED) is 0.750. The summed E-state index contributed by atoms with van der Waals surface area (Å²) in [5.41, 5.74) is 0. The molecule has 1 aromatic rings. The first-order valence-corrected chi connectivity index (χ1v) is 10.8. The van der Waals surface area contributed by atoms with Gasteiger partial charge >= 0.3 is 0 Å². The van der Waals surface area contributed by atoms with Crippen LogP contribution in [0.15, 0.2) is 29.2 Å². The number of rotatable bonds is 8. The van der Waals surface area contributed by atoms with Gasteiger partial charge in [0.25, 0.3) is 0 Å². The molecule has 0 unspecified atom stereocenters. The Balaban J connectivity index is 2.01. The molecule has 1 aromatic carbocycles. The monoisotopic (exact) mass is 382 g/mol. The maximum absolute atomic E-state index is 12.9. The van der Waals surface area contributed by atoms with E-state index in [2.05, 4.69) is 19.2 Å². The van der Waals surface area contributed by atoms with E-state index in [4.69, 9.17) is 4.74 Å². The Labute approximate surface area is 157 Å². The fourth-order valence-corrected chi connectivity index (χ4v) is 4.55. The Morgan fingerprint density at radius 2 is 2.00 bits per heavy atom. The number of carbonyl (C=O) groups excluding carboxylic acids is 1. The molecule has 6 nitrogen and oxygen atoms in total. The van der Waals surface area contributed by atoms with Gasteiger partial charge in [-0.3, -0.25) is 4.79 Å². The average Bonchev–Trinajstić information content (AvgIpc) is 2.62. The predicted octanol–water partition coefficient (Wildman–Crippen LogP) is 2.65. The summed E-state index contributed by atoms with van der Waals surface area (Å²) in [5, 5.41) is 2.94. The van der Waals surface area contributed by atoms with Crippen molar-refractivity contribution < 1.29 is 17.9 Å². The van der Waals surface area contributed by atoms with Crippen LogP contribution in [-0.2, 0) is 14.8 Å². The summed E-state index contributed by atoms with van der Waals surface area (Å²) in [6, 6.07) is 6.45. The van der Waals surface area contributed by atoms with Gasteiger partial charge in [0.05, 0.1) is 17.4 Å². The molecule has 1 aliphatic rings. The fraction of sp³-hybridized carbons (Fsp3) is 0.632. The SMILES string of the molecule is CCOc1ccc(S(=O)(=O)N2CCC[C@H](C(=O)NCCC(C)C)C2)cc1. The molecule has 1 fully saturated rings. The van der Waals surface area contributed by atoms with E-state index in [1.165, 1.54) is 4.31 Å². The Hall–Kier alpha value is -1.60. The number of hydrogen-bond donors (Lipinski definition) is 1. The average molecular weight is 383 g/mol. The van der Waals surface area contributed by atoms with Gasteiger partial charge in [0.1, 0.15) is 5.75 Å². The number of nitrogens with one attached hydrogen (secondary N) is 1. The van der Waals surface area contributed by atoms with E-state index >= 15 is 0 Å². The van der Waals surface area contributed by atoms with E-state index < -0.39 is 10.0 Å². The number of amides is 1. The first-order chi connectivity index (χ1) is 12.3. The lowest BCUT2D eigenvalue weighted by atomic mass is 9.98. The topological polar surface area (TPSA) is 75.7 Å². The summed E-state index contributed by atoms with van der Waals surface area (Å²) < 4.78 is 32.6. The number of benzene rings is 1. The van der Waals surface area contributed by atoms with Crippen molar-refractivity contribution >= 4 is 15.9 Å². The van der Waals surface area contributed by atoms with E-state index in [-0.39, 0.29) is 23.3 Å². The van der Waals surface area contributed by atoms with Crippen molar-refractivity contribution in [2.45, 2.75) is 44.9 Å². The summed E-state index contributed by atoms with van der Waals surface area (Å²) in [6.45, 7) is 7.96. The molecule has 26 heavy (non-hydrogen) atoms. The van der Waals surface area contributed by atoms with E-state index in [0.717, 1.165) is 12.8 Å². The lowest BCUT2D eigenvalue weighted by Gasteiger charge is -2.31. The highest BCUT2D eigenvalue weighted by molar-refractivity contribution is 7.89. The van der Waals surface area contributed by atoms with Crippen LogP contribution in [0, 0.1) is 11.8 Å². The Bertz CT molecular complexity index is 686. The molecule has 2 rings (SSSR count). The smallest absolute Gasteiger partial charge is 0.243 e. The largest absolute Gasteiger partial charge is 0.494 e. The molecule has 0 aromatic heterocycles. The van der Waals surface area contributed by atoms with Crippen molar-refractivity contribution in [1.29, 1.82) is 0 Å². The van der Waals surface area contributed by atoms with Crippen LogP contribution in [0.2, 0.25) is 0 Å². The molecule has 1 saturated heterocycles.